The summed E-state index contributed by atoms with van der Waals surface area (Å²) in [6.45, 7) is 1.55. The number of sulfonamides is 1. The second-order valence-corrected chi connectivity index (χ2v) is 6.74. The van der Waals surface area contributed by atoms with Gasteiger partial charge in [-0.25, -0.2) is 8.42 Å². The summed E-state index contributed by atoms with van der Waals surface area (Å²) < 4.78 is 24.9. The highest BCUT2D eigenvalue weighted by molar-refractivity contribution is 7.92. The van der Waals surface area contributed by atoms with Gasteiger partial charge in [0, 0.05) is 19.1 Å². The van der Waals surface area contributed by atoms with Crippen molar-refractivity contribution in [1.29, 1.82) is 0 Å². The Balaban J connectivity index is 3.24. The molecule has 0 unspecified atom stereocenters. The fraction of sp³-hybridized carbons (Fsp3) is 0.417. The van der Waals surface area contributed by atoms with Crippen LogP contribution in [0.4, 0.5) is 5.69 Å². The molecule has 0 saturated heterocycles. The van der Waals surface area contributed by atoms with Gasteiger partial charge in [0.05, 0.1) is 11.9 Å². The van der Waals surface area contributed by atoms with E-state index in [-0.39, 0.29) is 5.91 Å². The Labute approximate surface area is 118 Å². The first-order valence-corrected chi connectivity index (χ1v) is 7.83. The fourth-order valence-corrected chi connectivity index (χ4v) is 3.06. The maximum Gasteiger partial charge on any atom is 0.245 e. The summed E-state index contributed by atoms with van der Waals surface area (Å²) in [5.74, 6) is -0.291. The number of likely N-dealkylation sites (N-methyl/N-ethyl adjacent to an activating group) is 1. The summed E-state index contributed by atoms with van der Waals surface area (Å²) >= 11 is 5.78. The predicted molar refractivity (Wildman–Crippen MR) is 76.9 cm³/mol. The number of carbonyl (C=O) groups excluding carboxylic acids is 1. The Morgan fingerprint density at radius 1 is 1.21 bits per heavy atom. The normalized spacial score (nSPS) is 12.9. The summed E-state index contributed by atoms with van der Waals surface area (Å²) in [7, 11) is -0.397. The SMILES string of the molecule is C[C@@H](C(=O)N(C)C)N(c1ccc(Cl)cc1)S(C)(=O)=O. The van der Waals surface area contributed by atoms with Crippen LogP contribution in [0.5, 0.6) is 0 Å². The Morgan fingerprint density at radius 2 is 1.68 bits per heavy atom. The molecule has 1 amide bonds. The molecule has 1 rings (SSSR count). The van der Waals surface area contributed by atoms with E-state index in [1.54, 1.807) is 45.3 Å². The van der Waals surface area contributed by atoms with Crippen molar-refractivity contribution in [3.8, 4) is 0 Å². The molecular formula is C12H17ClN2O3S. The molecule has 0 radical (unpaired) electrons. The molecule has 1 atom stereocenters. The van der Waals surface area contributed by atoms with Crippen molar-refractivity contribution in [3.05, 3.63) is 29.3 Å². The van der Waals surface area contributed by atoms with E-state index in [2.05, 4.69) is 0 Å². The summed E-state index contributed by atoms with van der Waals surface area (Å²) in [6, 6.07) is 5.50. The number of amides is 1. The standard InChI is InChI=1S/C12H17ClN2O3S/c1-9(12(16)14(2)3)15(19(4,17)18)11-7-5-10(13)6-8-11/h5-9H,1-4H3/t9-/m0/s1. The molecule has 1 aromatic carbocycles. The lowest BCUT2D eigenvalue weighted by Crippen LogP contribution is -2.47. The van der Waals surface area contributed by atoms with Crippen molar-refractivity contribution in [2.45, 2.75) is 13.0 Å². The molecule has 7 heteroatoms. The van der Waals surface area contributed by atoms with Gasteiger partial charge in [0.25, 0.3) is 0 Å². The van der Waals surface area contributed by atoms with Gasteiger partial charge in [-0.1, -0.05) is 11.6 Å². The molecule has 5 nitrogen and oxygen atoms in total. The van der Waals surface area contributed by atoms with Gasteiger partial charge >= 0.3 is 0 Å². The number of anilines is 1. The minimum Gasteiger partial charge on any atom is -0.347 e. The lowest BCUT2D eigenvalue weighted by atomic mass is 10.2. The maximum atomic E-state index is 12.0. The number of rotatable bonds is 4. The number of hydrogen-bond acceptors (Lipinski definition) is 3. The first kappa shape index (κ1) is 15.8. The lowest BCUT2D eigenvalue weighted by Gasteiger charge is -2.29. The van der Waals surface area contributed by atoms with Gasteiger partial charge in [-0.3, -0.25) is 9.10 Å². The molecule has 0 bridgehead atoms. The van der Waals surface area contributed by atoms with Crippen LogP contribution in [0.1, 0.15) is 6.92 Å². The van der Waals surface area contributed by atoms with Gasteiger partial charge in [0.1, 0.15) is 6.04 Å². The second kappa shape index (κ2) is 5.79. The zero-order valence-electron chi connectivity index (χ0n) is 11.3. The molecule has 0 fully saturated rings. The van der Waals surface area contributed by atoms with Crippen LogP contribution in [-0.2, 0) is 14.8 Å². The molecule has 0 aliphatic heterocycles. The maximum absolute atomic E-state index is 12.0. The van der Waals surface area contributed by atoms with Crippen molar-refractivity contribution in [2.75, 3.05) is 24.7 Å². The summed E-state index contributed by atoms with van der Waals surface area (Å²) in [6.07, 6.45) is 1.07. The van der Waals surface area contributed by atoms with Gasteiger partial charge in [-0.05, 0) is 31.2 Å². The largest absolute Gasteiger partial charge is 0.347 e. The van der Waals surface area contributed by atoms with E-state index in [4.69, 9.17) is 11.6 Å². The fourth-order valence-electron chi connectivity index (χ4n) is 1.76. The van der Waals surface area contributed by atoms with E-state index in [1.165, 1.54) is 4.90 Å². The van der Waals surface area contributed by atoms with Crippen LogP contribution in [0.2, 0.25) is 5.02 Å². The van der Waals surface area contributed by atoms with E-state index < -0.39 is 16.1 Å². The number of nitrogens with zero attached hydrogens (tertiary/aromatic N) is 2. The third-order valence-corrected chi connectivity index (χ3v) is 4.08. The van der Waals surface area contributed by atoms with Gasteiger partial charge in [0.15, 0.2) is 0 Å². The minimum absolute atomic E-state index is 0.291. The van der Waals surface area contributed by atoms with Crippen LogP contribution < -0.4 is 4.31 Å². The van der Waals surface area contributed by atoms with Gasteiger partial charge < -0.3 is 4.90 Å². The zero-order valence-corrected chi connectivity index (χ0v) is 12.9. The number of halogens is 1. The van der Waals surface area contributed by atoms with Crippen LogP contribution in [-0.4, -0.2) is 45.6 Å². The van der Waals surface area contributed by atoms with E-state index >= 15 is 0 Å². The first-order chi connectivity index (χ1) is 8.64. The number of hydrogen-bond donors (Lipinski definition) is 0. The molecule has 0 aromatic heterocycles. The summed E-state index contributed by atoms with van der Waals surface area (Å²) in [5, 5.41) is 0.504. The molecular weight excluding hydrogens is 288 g/mol. The summed E-state index contributed by atoms with van der Waals surface area (Å²) in [5.41, 5.74) is 0.412. The molecule has 0 aliphatic rings. The van der Waals surface area contributed by atoms with Crippen LogP contribution >= 0.6 is 11.6 Å². The second-order valence-electron chi connectivity index (χ2n) is 4.44. The minimum atomic E-state index is -3.57. The van der Waals surface area contributed by atoms with E-state index in [0.717, 1.165) is 10.6 Å². The molecule has 19 heavy (non-hydrogen) atoms. The Hall–Kier alpha value is -1.27. The molecule has 106 valence electrons. The quantitative estimate of drug-likeness (QED) is 0.848. The van der Waals surface area contributed by atoms with Crippen molar-refractivity contribution in [3.63, 3.8) is 0 Å². The van der Waals surface area contributed by atoms with Gasteiger partial charge in [0.2, 0.25) is 15.9 Å². The zero-order chi connectivity index (χ0) is 14.8. The molecule has 0 aliphatic carbocycles. The highest BCUT2D eigenvalue weighted by Crippen LogP contribution is 2.23. The van der Waals surface area contributed by atoms with Gasteiger partial charge in [-0.15, -0.1) is 0 Å². The van der Waals surface area contributed by atoms with E-state index in [0.29, 0.717) is 10.7 Å². The first-order valence-electron chi connectivity index (χ1n) is 5.60. The Kier molecular flexibility index (Phi) is 4.81. The van der Waals surface area contributed by atoms with Crippen LogP contribution in [0.25, 0.3) is 0 Å². The van der Waals surface area contributed by atoms with Crippen molar-refractivity contribution in [1.82, 2.24) is 4.90 Å². The Bertz CT molecular complexity index is 555. The monoisotopic (exact) mass is 304 g/mol. The number of benzene rings is 1. The summed E-state index contributed by atoms with van der Waals surface area (Å²) in [4.78, 5) is 13.3. The lowest BCUT2D eigenvalue weighted by molar-refractivity contribution is -0.129. The van der Waals surface area contributed by atoms with Crippen LogP contribution in [0.3, 0.4) is 0 Å². The Morgan fingerprint density at radius 3 is 2.05 bits per heavy atom. The molecule has 0 N–H and O–H groups in total. The highest BCUT2D eigenvalue weighted by Gasteiger charge is 2.29. The highest BCUT2D eigenvalue weighted by atomic mass is 35.5. The molecule has 0 saturated carbocycles. The molecule has 0 heterocycles. The topological polar surface area (TPSA) is 57.7 Å². The van der Waals surface area contributed by atoms with Crippen molar-refractivity contribution in [2.24, 2.45) is 0 Å². The van der Waals surface area contributed by atoms with Crippen molar-refractivity contribution >= 4 is 33.2 Å². The predicted octanol–water partition coefficient (Wildman–Crippen LogP) is 1.58. The van der Waals surface area contributed by atoms with Crippen LogP contribution in [0.15, 0.2) is 24.3 Å². The average molecular weight is 305 g/mol. The van der Waals surface area contributed by atoms with E-state index in [1.807, 2.05) is 0 Å². The van der Waals surface area contributed by atoms with Gasteiger partial charge in [-0.2, -0.15) is 0 Å². The van der Waals surface area contributed by atoms with Crippen molar-refractivity contribution < 1.29 is 13.2 Å². The molecule has 0 spiro atoms. The third kappa shape index (κ3) is 3.84. The van der Waals surface area contributed by atoms with E-state index in [9.17, 15) is 13.2 Å². The smallest absolute Gasteiger partial charge is 0.245 e. The molecule has 1 aromatic rings. The van der Waals surface area contributed by atoms with Crippen LogP contribution in [0, 0.1) is 0 Å². The average Bonchev–Trinajstić information content (AvgIpc) is 2.29. The third-order valence-electron chi connectivity index (χ3n) is 2.59. The number of carbonyl (C=O) groups is 1.